The minimum absolute atomic E-state index is 0.0594. The quantitative estimate of drug-likeness (QED) is 0.811. The lowest BCUT2D eigenvalue weighted by atomic mass is 10.2. The summed E-state index contributed by atoms with van der Waals surface area (Å²) in [6.45, 7) is 9.57. The van der Waals surface area contributed by atoms with Crippen LogP contribution in [0.1, 0.15) is 35.6 Å². The van der Waals surface area contributed by atoms with Crippen LogP contribution in [0.5, 0.6) is 0 Å². The predicted octanol–water partition coefficient (Wildman–Crippen LogP) is 2.98. The van der Waals surface area contributed by atoms with Crippen molar-refractivity contribution in [3.8, 4) is 5.69 Å². The number of nitrogens with one attached hydrogen (secondary N) is 2. The van der Waals surface area contributed by atoms with Crippen molar-refractivity contribution in [2.75, 3.05) is 13.1 Å². The van der Waals surface area contributed by atoms with Gasteiger partial charge in [0.05, 0.1) is 21.5 Å². The summed E-state index contributed by atoms with van der Waals surface area (Å²) < 4.78 is 2.88. The van der Waals surface area contributed by atoms with E-state index in [1.54, 1.807) is 0 Å². The van der Waals surface area contributed by atoms with Gasteiger partial charge < -0.3 is 10.6 Å². The SMILES string of the molecule is CCN[C@H](C)CNC(=O)c1ccc(-n2nc(C)c(Br)c2C)cc1. The maximum absolute atomic E-state index is 12.2. The average molecular weight is 379 g/mol. The number of carbonyl (C=O) groups is 1. The zero-order valence-electron chi connectivity index (χ0n) is 14.0. The number of nitrogens with zero attached hydrogens (tertiary/aromatic N) is 2. The topological polar surface area (TPSA) is 58.9 Å². The molecule has 2 N–H and O–H groups in total. The lowest BCUT2D eigenvalue weighted by Gasteiger charge is -2.13. The molecule has 6 heteroatoms. The Morgan fingerprint density at radius 3 is 2.48 bits per heavy atom. The molecular formula is C17H23BrN4O. The molecular weight excluding hydrogens is 356 g/mol. The van der Waals surface area contributed by atoms with Crippen molar-refractivity contribution in [3.05, 3.63) is 45.7 Å². The molecule has 1 atom stereocenters. The molecule has 1 heterocycles. The molecule has 0 fully saturated rings. The summed E-state index contributed by atoms with van der Waals surface area (Å²) in [6.07, 6.45) is 0. The first-order valence-corrected chi connectivity index (χ1v) is 8.57. The van der Waals surface area contributed by atoms with E-state index in [2.05, 4.69) is 31.7 Å². The van der Waals surface area contributed by atoms with Gasteiger partial charge in [0.1, 0.15) is 0 Å². The molecule has 1 amide bonds. The molecule has 5 nitrogen and oxygen atoms in total. The van der Waals surface area contributed by atoms with Crippen LogP contribution < -0.4 is 10.6 Å². The van der Waals surface area contributed by atoms with E-state index < -0.39 is 0 Å². The van der Waals surface area contributed by atoms with E-state index in [-0.39, 0.29) is 11.9 Å². The fourth-order valence-corrected chi connectivity index (χ4v) is 2.64. The Morgan fingerprint density at radius 2 is 1.96 bits per heavy atom. The molecule has 1 aromatic carbocycles. The van der Waals surface area contributed by atoms with Crippen molar-refractivity contribution in [2.45, 2.75) is 33.7 Å². The van der Waals surface area contributed by atoms with Gasteiger partial charge in [0.2, 0.25) is 0 Å². The highest BCUT2D eigenvalue weighted by atomic mass is 79.9. The number of rotatable bonds is 6. The molecule has 2 rings (SSSR count). The van der Waals surface area contributed by atoms with Crippen LogP contribution in [0.4, 0.5) is 0 Å². The number of benzene rings is 1. The number of aromatic nitrogens is 2. The van der Waals surface area contributed by atoms with Crippen LogP contribution in [0.25, 0.3) is 5.69 Å². The number of amides is 1. The van der Waals surface area contributed by atoms with Crippen LogP contribution in [0.3, 0.4) is 0 Å². The predicted molar refractivity (Wildman–Crippen MR) is 96.2 cm³/mol. The summed E-state index contributed by atoms with van der Waals surface area (Å²) in [7, 11) is 0. The number of aryl methyl sites for hydroxylation is 1. The minimum atomic E-state index is -0.0594. The van der Waals surface area contributed by atoms with Crippen LogP contribution in [0.15, 0.2) is 28.7 Å². The van der Waals surface area contributed by atoms with E-state index in [0.29, 0.717) is 12.1 Å². The highest BCUT2D eigenvalue weighted by Gasteiger charge is 2.11. The number of carbonyl (C=O) groups excluding carboxylic acids is 1. The third-order valence-corrected chi connectivity index (χ3v) is 4.85. The third kappa shape index (κ3) is 4.20. The molecule has 23 heavy (non-hydrogen) atoms. The van der Waals surface area contributed by atoms with Crippen molar-refractivity contribution >= 4 is 21.8 Å². The van der Waals surface area contributed by atoms with E-state index in [9.17, 15) is 4.79 Å². The molecule has 0 unspecified atom stereocenters. The zero-order chi connectivity index (χ0) is 17.0. The Morgan fingerprint density at radius 1 is 1.30 bits per heavy atom. The monoisotopic (exact) mass is 378 g/mol. The lowest BCUT2D eigenvalue weighted by Crippen LogP contribution is -2.38. The van der Waals surface area contributed by atoms with Crippen LogP contribution in [-0.4, -0.2) is 34.8 Å². The Bertz CT molecular complexity index is 679. The lowest BCUT2D eigenvalue weighted by molar-refractivity contribution is 0.0950. The van der Waals surface area contributed by atoms with Gasteiger partial charge >= 0.3 is 0 Å². The van der Waals surface area contributed by atoms with Crippen molar-refractivity contribution in [1.29, 1.82) is 0 Å². The number of halogens is 1. The normalized spacial score (nSPS) is 12.2. The summed E-state index contributed by atoms with van der Waals surface area (Å²) in [5, 5.41) is 10.7. The van der Waals surface area contributed by atoms with Gasteiger partial charge in [0.25, 0.3) is 5.91 Å². The Hall–Kier alpha value is -1.66. The average Bonchev–Trinajstić information content (AvgIpc) is 2.80. The summed E-state index contributed by atoms with van der Waals surface area (Å²) in [5.41, 5.74) is 3.58. The van der Waals surface area contributed by atoms with Crippen LogP contribution >= 0.6 is 15.9 Å². The van der Waals surface area contributed by atoms with E-state index in [4.69, 9.17) is 0 Å². The Labute approximate surface area is 145 Å². The standard InChI is InChI=1S/C17H23BrN4O/c1-5-19-11(2)10-20-17(23)14-6-8-15(9-7-14)22-13(4)16(18)12(3)21-22/h6-9,11,19H,5,10H2,1-4H3,(H,20,23)/t11-/m1/s1. The van der Waals surface area contributed by atoms with Crippen molar-refractivity contribution in [3.63, 3.8) is 0 Å². The fraction of sp³-hybridized carbons (Fsp3) is 0.412. The van der Waals surface area contributed by atoms with E-state index >= 15 is 0 Å². The first-order valence-electron chi connectivity index (χ1n) is 7.77. The van der Waals surface area contributed by atoms with Crippen LogP contribution in [-0.2, 0) is 0 Å². The van der Waals surface area contributed by atoms with Gasteiger partial charge in [-0.3, -0.25) is 4.79 Å². The van der Waals surface area contributed by atoms with Gasteiger partial charge in [-0.2, -0.15) is 5.10 Å². The maximum atomic E-state index is 12.2. The van der Waals surface area contributed by atoms with E-state index in [1.807, 2.05) is 56.6 Å². The van der Waals surface area contributed by atoms with Gasteiger partial charge in [-0.1, -0.05) is 6.92 Å². The molecule has 0 radical (unpaired) electrons. The van der Waals surface area contributed by atoms with Crippen LogP contribution in [0.2, 0.25) is 0 Å². The fourth-order valence-electron chi connectivity index (χ4n) is 2.40. The molecule has 0 saturated heterocycles. The van der Waals surface area contributed by atoms with Crippen molar-refractivity contribution < 1.29 is 4.79 Å². The smallest absolute Gasteiger partial charge is 0.251 e. The molecule has 2 aromatic rings. The second-order valence-corrected chi connectivity index (χ2v) is 6.41. The Kier molecular flexibility index (Phi) is 5.96. The molecule has 0 aliphatic heterocycles. The molecule has 0 bridgehead atoms. The number of likely N-dealkylation sites (N-methyl/N-ethyl adjacent to an activating group) is 1. The number of hydrogen-bond donors (Lipinski definition) is 2. The van der Waals surface area contributed by atoms with Gasteiger partial charge in [-0.15, -0.1) is 0 Å². The summed E-state index contributed by atoms with van der Waals surface area (Å²) in [4.78, 5) is 12.2. The van der Waals surface area contributed by atoms with Gasteiger partial charge in [-0.05, 0) is 67.5 Å². The van der Waals surface area contributed by atoms with Gasteiger partial charge in [0, 0.05) is 18.2 Å². The maximum Gasteiger partial charge on any atom is 0.251 e. The molecule has 124 valence electrons. The second kappa shape index (κ2) is 7.75. The van der Waals surface area contributed by atoms with E-state index in [1.165, 1.54) is 0 Å². The summed E-state index contributed by atoms with van der Waals surface area (Å²) in [6, 6.07) is 7.73. The van der Waals surface area contributed by atoms with Crippen molar-refractivity contribution in [1.82, 2.24) is 20.4 Å². The van der Waals surface area contributed by atoms with E-state index in [0.717, 1.165) is 28.1 Å². The largest absolute Gasteiger partial charge is 0.350 e. The highest BCUT2D eigenvalue weighted by Crippen LogP contribution is 2.23. The zero-order valence-corrected chi connectivity index (χ0v) is 15.6. The third-order valence-electron chi connectivity index (χ3n) is 3.70. The van der Waals surface area contributed by atoms with Crippen LogP contribution in [0, 0.1) is 13.8 Å². The first-order chi connectivity index (χ1) is 10.9. The molecule has 0 spiro atoms. The summed E-state index contributed by atoms with van der Waals surface area (Å²) in [5.74, 6) is -0.0594. The Balaban J connectivity index is 2.07. The summed E-state index contributed by atoms with van der Waals surface area (Å²) >= 11 is 3.53. The first kappa shape index (κ1) is 17.7. The molecule has 1 aromatic heterocycles. The molecule has 0 aliphatic rings. The van der Waals surface area contributed by atoms with Gasteiger partial charge in [0.15, 0.2) is 0 Å². The highest BCUT2D eigenvalue weighted by molar-refractivity contribution is 9.10. The van der Waals surface area contributed by atoms with Gasteiger partial charge in [-0.25, -0.2) is 4.68 Å². The minimum Gasteiger partial charge on any atom is -0.350 e. The second-order valence-electron chi connectivity index (χ2n) is 5.61. The molecule has 0 aliphatic carbocycles. The molecule has 0 saturated carbocycles. The van der Waals surface area contributed by atoms with Crippen molar-refractivity contribution in [2.24, 2.45) is 0 Å². The number of hydrogen-bond acceptors (Lipinski definition) is 3.